The maximum atomic E-state index is 13.7. The van der Waals surface area contributed by atoms with Crippen LogP contribution in [0.3, 0.4) is 0 Å². The molecule has 1 aliphatic rings. The minimum atomic E-state index is -2.64. The van der Waals surface area contributed by atoms with Crippen molar-refractivity contribution in [1.82, 2.24) is 14.0 Å². The fourth-order valence-electron chi connectivity index (χ4n) is 3.90. The topological polar surface area (TPSA) is 42.5 Å². The highest BCUT2D eigenvalue weighted by atomic mass is 35.5. The summed E-state index contributed by atoms with van der Waals surface area (Å²) in [5.74, 6) is -1.42. The summed E-state index contributed by atoms with van der Waals surface area (Å²) >= 11 is 5.99. The molecule has 0 spiro atoms. The first-order valence-corrected chi connectivity index (χ1v) is 10.8. The Morgan fingerprint density at radius 2 is 1.83 bits per heavy atom. The summed E-state index contributed by atoms with van der Waals surface area (Å²) in [4.78, 5) is 19.5. The van der Waals surface area contributed by atoms with E-state index in [9.17, 15) is 13.6 Å². The molecule has 1 saturated heterocycles. The minimum Gasteiger partial charge on any atom is -0.357 e. The minimum absolute atomic E-state index is 0.203. The van der Waals surface area contributed by atoms with Gasteiger partial charge in [-0.3, -0.25) is 13.8 Å². The van der Waals surface area contributed by atoms with Crippen molar-refractivity contribution in [2.75, 3.05) is 18.0 Å². The molecule has 5 nitrogen and oxygen atoms in total. The van der Waals surface area contributed by atoms with Crippen molar-refractivity contribution in [3.8, 4) is 11.3 Å². The number of nitrogens with zero attached hydrogens (tertiary/aromatic N) is 4. The van der Waals surface area contributed by atoms with Crippen LogP contribution in [0.25, 0.3) is 17.0 Å². The molecule has 160 valence electrons. The summed E-state index contributed by atoms with van der Waals surface area (Å²) < 4.78 is 30.9. The zero-order valence-corrected chi connectivity index (χ0v) is 17.7. The van der Waals surface area contributed by atoms with Crippen LogP contribution in [-0.4, -0.2) is 33.0 Å². The van der Waals surface area contributed by atoms with Crippen molar-refractivity contribution in [3.05, 3.63) is 51.9 Å². The number of fused-ring (bicyclic) bond motifs is 1. The van der Waals surface area contributed by atoms with Gasteiger partial charge in [0.2, 0.25) is 5.78 Å². The number of unbranched alkanes of at least 4 members (excludes halogenated alkanes) is 2. The largest absolute Gasteiger partial charge is 0.357 e. The number of halogens is 3. The first-order valence-electron chi connectivity index (χ1n) is 10.4. The average molecular weight is 435 g/mol. The molecule has 0 saturated carbocycles. The molecule has 0 aliphatic carbocycles. The van der Waals surface area contributed by atoms with Crippen molar-refractivity contribution in [2.24, 2.45) is 0 Å². The molecular formula is C22H25ClF2N4O. The van der Waals surface area contributed by atoms with Crippen LogP contribution in [0.2, 0.25) is 5.02 Å². The summed E-state index contributed by atoms with van der Waals surface area (Å²) in [6.45, 7) is 3.25. The van der Waals surface area contributed by atoms with Crippen LogP contribution in [0.4, 0.5) is 14.6 Å². The van der Waals surface area contributed by atoms with Gasteiger partial charge in [-0.05, 0) is 18.6 Å². The number of anilines is 1. The van der Waals surface area contributed by atoms with E-state index in [1.54, 1.807) is 24.4 Å². The van der Waals surface area contributed by atoms with Crippen LogP contribution in [0.15, 0.2) is 41.3 Å². The van der Waals surface area contributed by atoms with Gasteiger partial charge in [-0.1, -0.05) is 43.5 Å². The molecule has 0 bridgehead atoms. The number of hydrogen-bond donors (Lipinski definition) is 0. The van der Waals surface area contributed by atoms with E-state index in [2.05, 4.69) is 6.92 Å². The zero-order chi connectivity index (χ0) is 21.3. The second kappa shape index (κ2) is 8.38. The summed E-state index contributed by atoms with van der Waals surface area (Å²) in [5.41, 5.74) is 1.33. The van der Waals surface area contributed by atoms with Crippen LogP contribution in [0.5, 0.6) is 0 Å². The van der Waals surface area contributed by atoms with Gasteiger partial charge in [0.05, 0.1) is 5.69 Å². The lowest BCUT2D eigenvalue weighted by Crippen LogP contribution is -2.41. The molecule has 0 atom stereocenters. The van der Waals surface area contributed by atoms with E-state index in [0.717, 1.165) is 24.8 Å². The maximum absolute atomic E-state index is 13.7. The molecule has 3 aromatic rings. The number of benzene rings is 1. The Kier molecular flexibility index (Phi) is 5.82. The molecule has 2 aromatic heterocycles. The molecule has 8 heteroatoms. The lowest BCUT2D eigenvalue weighted by molar-refractivity contribution is -0.0222. The van der Waals surface area contributed by atoms with E-state index in [1.165, 1.54) is 4.40 Å². The number of aromatic nitrogens is 3. The van der Waals surface area contributed by atoms with Gasteiger partial charge in [0, 0.05) is 55.3 Å². The van der Waals surface area contributed by atoms with Crippen LogP contribution in [-0.2, 0) is 6.54 Å². The Bertz CT molecular complexity index is 1080. The second-order valence-electron chi connectivity index (χ2n) is 7.85. The summed E-state index contributed by atoms with van der Waals surface area (Å²) in [6, 6.07) is 8.85. The molecule has 0 amide bonds. The van der Waals surface area contributed by atoms with Gasteiger partial charge < -0.3 is 4.90 Å². The van der Waals surface area contributed by atoms with Crippen LogP contribution < -0.4 is 10.5 Å². The van der Waals surface area contributed by atoms with Crippen molar-refractivity contribution in [2.45, 2.75) is 51.5 Å². The lowest BCUT2D eigenvalue weighted by atomic mass is 10.1. The first kappa shape index (κ1) is 20.8. The number of alkyl halides is 2. The van der Waals surface area contributed by atoms with E-state index in [4.69, 9.17) is 16.6 Å². The molecule has 30 heavy (non-hydrogen) atoms. The Labute approximate surface area is 178 Å². The highest BCUT2D eigenvalue weighted by Gasteiger charge is 2.35. The molecule has 0 N–H and O–H groups in total. The van der Waals surface area contributed by atoms with Gasteiger partial charge in [-0.25, -0.2) is 13.8 Å². The number of aryl methyl sites for hydroxylation is 1. The average Bonchev–Trinajstić information content (AvgIpc) is 3.16. The fraction of sp³-hybridized carbons (Fsp3) is 0.455. The summed E-state index contributed by atoms with van der Waals surface area (Å²) in [7, 11) is 0. The first-order chi connectivity index (χ1) is 14.4. The summed E-state index contributed by atoms with van der Waals surface area (Å²) in [6.07, 6.45) is 4.35. The molecular weight excluding hydrogens is 410 g/mol. The van der Waals surface area contributed by atoms with Gasteiger partial charge in [-0.15, -0.1) is 0 Å². The van der Waals surface area contributed by atoms with Crippen LogP contribution in [0.1, 0.15) is 39.0 Å². The SMILES string of the molecule is CCCCCn1c(N2CCC(F)(F)CC2)cc(=O)n2cc(-c3ccc(Cl)cc3)nc12. The van der Waals surface area contributed by atoms with Gasteiger partial charge in [0.1, 0.15) is 5.82 Å². The van der Waals surface area contributed by atoms with Crippen molar-refractivity contribution >= 4 is 23.2 Å². The van der Waals surface area contributed by atoms with E-state index in [0.29, 0.717) is 28.9 Å². The van der Waals surface area contributed by atoms with E-state index in [-0.39, 0.29) is 31.5 Å². The van der Waals surface area contributed by atoms with Crippen molar-refractivity contribution in [1.29, 1.82) is 0 Å². The number of rotatable bonds is 6. The number of piperidine rings is 1. The van der Waals surface area contributed by atoms with E-state index in [1.807, 2.05) is 21.6 Å². The number of imidazole rings is 1. The molecule has 1 fully saturated rings. The van der Waals surface area contributed by atoms with E-state index < -0.39 is 5.92 Å². The lowest BCUT2D eigenvalue weighted by Gasteiger charge is -2.34. The molecule has 1 aromatic carbocycles. The van der Waals surface area contributed by atoms with Gasteiger partial charge in [0.15, 0.2) is 0 Å². The molecule has 0 unspecified atom stereocenters. The normalized spacial score (nSPS) is 16.3. The zero-order valence-electron chi connectivity index (χ0n) is 17.0. The van der Waals surface area contributed by atoms with Crippen molar-refractivity contribution < 1.29 is 8.78 Å². The Morgan fingerprint density at radius 1 is 1.13 bits per heavy atom. The summed E-state index contributed by atoms with van der Waals surface area (Å²) in [5, 5.41) is 0.630. The van der Waals surface area contributed by atoms with Gasteiger partial charge >= 0.3 is 0 Å². The highest BCUT2D eigenvalue weighted by Crippen LogP contribution is 2.31. The van der Waals surface area contributed by atoms with Gasteiger partial charge in [-0.2, -0.15) is 0 Å². The third-order valence-electron chi connectivity index (χ3n) is 5.64. The second-order valence-corrected chi connectivity index (χ2v) is 8.28. The third-order valence-corrected chi connectivity index (χ3v) is 5.89. The molecule has 1 aliphatic heterocycles. The Morgan fingerprint density at radius 3 is 2.50 bits per heavy atom. The predicted molar refractivity (Wildman–Crippen MR) is 116 cm³/mol. The highest BCUT2D eigenvalue weighted by molar-refractivity contribution is 6.30. The Hall–Kier alpha value is -2.41. The molecule has 3 heterocycles. The molecule has 4 rings (SSSR count). The predicted octanol–water partition coefficient (Wildman–Crippen LogP) is 5.24. The standard InChI is InChI=1S/C22H25ClF2N4O/c1-2-3-4-11-28-19(27-12-9-22(24,25)10-13-27)14-20(30)29-15-18(26-21(28)29)16-5-7-17(23)8-6-16/h5-8,14-15H,2-4,9-13H2,1H3. The molecule has 0 radical (unpaired) electrons. The van der Waals surface area contributed by atoms with Crippen molar-refractivity contribution in [3.63, 3.8) is 0 Å². The third kappa shape index (κ3) is 4.21. The number of hydrogen-bond acceptors (Lipinski definition) is 3. The fourth-order valence-corrected chi connectivity index (χ4v) is 4.03. The quantitative estimate of drug-likeness (QED) is 0.498. The van der Waals surface area contributed by atoms with E-state index >= 15 is 0 Å². The monoisotopic (exact) mass is 434 g/mol. The van der Waals surface area contributed by atoms with Gasteiger partial charge in [0.25, 0.3) is 11.5 Å². The maximum Gasteiger partial charge on any atom is 0.261 e. The van der Waals surface area contributed by atoms with Crippen LogP contribution >= 0.6 is 11.6 Å². The van der Waals surface area contributed by atoms with Crippen LogP contribution in [0, 0.1) is 0 Å². The smallest absolute Gasteiger partial charge is 0.261 e. The Balaban J connectivity index is 1.79.